The van der Waals surface area contributed by atoms with Crippen LogP contribution >= 0.6 is 0 Å². The number of ether oxygens (including phenoxy) is 1. The second-order valence-electron chi connectivity index (χ2n) is 7.61. The Balaban J connectivity index is 1.59. The Labute approximate surface area is 161 Å². The molecule has 0 aliphatic carbocycles. The van der Waals surface area contributed by atoms with Crippen LogP contribution in [0, 0.1) is 0 Å². The second kappa shape index (κ2) is 9.24. The van der Waals surface area contributed by atoms with Gasteiger partial charge in [-0.2, -0.15) is 0 Å². The lowest BCUT2D eigenvalue weighted by molar-refractivity contribution is -0.138. The summed E-state index contributed by atoms with van der Waals surface area (Å²) < 4.78 is 7.14. The Morgan fingerprint density at radius 3 is 2.67 bits per heavy atom. The number of unbranched alkanes of at least 4 members (excludes halogenated alkanes) is 1. The Morgan fingerprint density at radius 1 is 1.19 bits per heavy atom. The second-order valence-corrected chi connectivity index (χ2v) is 7.61. The van der Waals surface area contributed by atoms with E-state index in [0.29, 0.717) is 12.5 Å². The van der Waals surface area contributed by atoms with Gasteiger partial charge in [-0.25, -0.2) is 9.78 Å². The van der Waals surface area contributed by atoms with E-state index in [9.17, 15) is 9.59 Å². The Kier molecular flexibility index (Phi) is 6.74. The van der Waals surface area contributed by atoms with E-state index < -0.39 is 0 Å². The number of aromatic nitrogens is 2. The normalized spacial score (nSPS) is 21.3. The third kappa shape index (κ3) is 4.45. The maximum atomic E-state index is 13.0. The SMILES string of the molecule is CCCCn1ccnc1C1CCN(C(=O)[C@@H]2CCCCN2C(=O)OC)CC1. The van der Waals surface area contributed by atoms with E-state index in [-0.39, 0.29) is 18.0 Å². The molecule has 0 saturated carbocycles. The van der Waals surface area contributed by atoms with E-state index in [1.165, 1.54) is 13.5 Å². The van der Waals surface area contributed by atoms with Crippen LogP contribution in [0.4, 0.5) is 4.79 Å². The number of hydrogen-bond donors (Lipinski definition) is 0. The summed E-state index contributed by atoms with van der Waals surface area (Å²) >= 11 is 0. The van der Waals surface area contributed by atoms with Gasteiger partial charge < -0.3 is 14.2 Å². The number of aryl methyl sites for hydroxylation is 1. The number of imidazole rings is 1. The fourth-order valence-electron chi connectivity index (χ4n) is 4.29. The smallest absolute Gasteiger partial charge is 0.410 e. The molecule has 0 radical (unpaired) electrons. The Hall–Kier alpha value is -2.05. The monoisotopic (exact) mass is 376 g/mol. The van der Waals surface area contributed by atoms with Crippen molar-refractivity contribution in [2.24, 2.45) is 0 Å². The average molecular weight is 377 g/mol. The number of hydrogen-bond acceptors (Lipinski definition) is 4. The number of amides is 2. The Bertz CT molecular complexity index is 637. The van der Waals surface area contributed by atoms with E-state index in [0.717, 1.165) is 64.0 Å². The summed E-state index contributed by atoms with van der Waals surface area (Å²) in [6.45, 7) is 5.28. The predicted molar refractivity (Wildman–Crippen MR) is 102 cm³/mol. The van der Waals surface area contributed by atoms with Gasteiger partial charge in [-0.05, 0) is 38.5 Å². The van der Waals surface area contributed by atoms with Gasteiger partial charge in [0.1, 0.15) is 11.9 Å². The van der Waals surface area contributed by atoms with Crippen molar-refractivity contribution < 1.29 is 14.3 Å². The highest BCUT2D eigenvalue weighted by Crippen LogP contribution is 2.29. The molecule has 3 rings (SSSR count). The zero-order valence-electron chi connectivity index (χ0n) is 16.6. The van der Waals surface area contributed by atoms with E-state index in [1.807, 2.05) is 11.1 Å². The molecule has 0 spiro atoms. The zero-order chi connectivity index (χ0) is 19.2. The molecule has 2 amide bonds. The van der Waals surface area contributed by atoms with Crippen molar-refractivity contribution in [1.29, 1.82) is 0 Å². The van der Waals surface area contributed by atoms with Gasteiger partial charge in [-0.3, -0.25) is 9.69 Å². The quantitative estimate of drug-likeness (QED) is 0.792. The molecule has 0 bridgehead atoms. The highest BCUT2D eigenvalue weighted by molar-refractivity contribution is 5.86. The van der Waals surface area contributed by atoms with Crippen LogP contribution in [0.5, 0.6) is 0 Å². The summed E-state index contributed by atoms with van der Waals surface area (Å²) in [5.74, 6) is 1.64. The van der Waals surface area contributed by atoms with Crippen molar-refractivity contribution in [2.45, 2.75) is 70.4 Å². The minimum atomic E-state index is -0.388. The standard InChI is InChI=1S/C20H32N4O3/c1-3-4-11-22-15-10-21-18(22)16-8-13-23(14-9-16)19(25)17-7-5-6-12-24(17)20(26)27-2/h10,15-17H,3-9,11-14H2,1-2H3/t17-/m0/s1. The van der Waals surface area contributed by atoms with Crippen LogP contribution in [0.25, 0.3) is 0 Å². The molecule has 7 heteroatoms. The molecule has 2 aliphatic heterocycles. The van der Waals surface area contributed by atoms with Gasteiger partial charge in [0.2, 0.25) is 5.91 Å². The molecule has 0 N–H and O–H groups in total. The van der Waals surface area contributed by atoms with Crippen molar-refractivity contribution in [2.75, 3.05) is 26.7 Å². The lowest BCUT2D eigenvalue weighted by atomic mass is 9.94. The number of rotatable bonds is 5. The summed E-state index contributed by atoms with van der Waals surface area (Å²) in [6, 6.07) is -0.366. The largest absolute Gasteiger partial charge is 0.453 e. The van der Waals surface area contributed by atoms with Crippen molar-refractivity contribution in [3.8, 4) is 0 Å². The van der Waals surface area contributed by atoms with E-state index in [2.05, 4.69) is 22.7 Å². The maximum Gasteiger partial charge on any atom is 0.410 e. The lowest BCUT2D eigenvalue weighted by Gasteiger charge is -2.39. The zero-order valence-corrected chi connectivity index (χ0v) is 16.6. The van der Waals surface area contributed by atoms with Crippen LogP contribution in [-0.4, -0.2) is 64.1 Å². The Morgan fingerprint density at radius 2 is 1.96 bits per heavy atom. The molecule has 1 aromatic rings. The number of carbonyl (C=O) groups is 2. The van der Waals surface area contributed by atoms with Crippen LogP contribution in [0.3, 0.4) is 0 Å². The molecule has 1 aromatic heterocycles. The third-order valence-corrected chi connectivity index (χ3v) is 5.87. The molecule has 3 heterocycles. The first-order chi connectivity index (χ1) is 13.2. The van der Waals surface area contributed by atoms with Crippen LogP contribution in [-0.2, 0) is 16.1 Å². The number of nitrogens with zero attached hydrogens (tertiary/aromatic N) is 4. The van der Waals surface area contributed by atoms with Crippen LogP contribution in [0.15, 0.2) is 12.4 Å². The third-order valence-electron chi connectivity index (χ3n) is 5.87. The minimum Gasteiger partial charge on any atom is -0.453 e. The molecular formula is C20H32N4O3. The molecule has 2 aliphatic rings. The van der Waals surface area contributed by atoms with Crippen molar-refractivity contribution >= 4 is 12.0 Å². The van der Waals surface area contributed by atoms with Crippen LogP contribution < -0.4 is 0 Å². The summed E-state index contributed by atoms with van der Waals surface area (Å²) in [5.41, 5.74) is 0. The van der Waals surface area contributed by atoms with Gasteiger partial charge in [-0.15, -0.1) is 0 Å². The first-order valence-electron chi connectivity index (χ1n) is 10.3. The first kappa shape index (κ1) is 19.7. The van der Waals surface area contributed by atoms with Gasteiger partial charge in [0.05, 0.1) is 7.11 Å². The lowest BCUT2D eigenvalue weighted by Crippen LogP contribution is -2.54. The molecule has 27 heavy (non-hydrogen) atoms. The number of piperidine rings is 2. The molecule has 7 nitrogen and oxygen atoms in total. The highest BCUT2D eigenvalue weighted by Gasteiger charge is 2.37. The summed E-state index contributed by atoms with van der Waals surface area (Å²) in [5, 5.41) is 0. The molecule has 150 valence electrons. The van der Waals surface area contributed by atoms with Gasteiger partial charge >= 0.3 is 6.09 Å². The molecule has 0 aromatic carbocycles. The highest BCUT2D eigenvalue weighted by atomic mass is 16.5. The van der Waals surface area contributed by atoms with Crippen molar-refractivity contribution in [3.05, 3.63) is 18.2 Å². The predicted octanol–water partition coefficient (Wildman–Crippen LogP) is 3.01. The van der Waals surface area contributed by atoms with Crippen molar-refractivity contribution in [3.63, 3.8) is 0 Å². The van der Waals surface area contributed by atoms with Gasteiger partial charge in [0, 0.05) is 44.5 Å². The van der Waals surface area contributed by atoms with Gasteiger partial charge in [0.25, 0.3) is 0 Å². The van der Waals surface area contributed by atoms with E-state index in [4.69, 9.17) is 4.74 Å². The van der Waals surface area contributed by atoms with E-state index in [1.54, 1.807) is 4.90 Å². The fourth-order valence-corrected chi connectivity index (χ4v) is 4.29. The molecule has 0 unspecified atom stereocenters. The number of methoxy groups -OCH3 is 1. The summed E-state index contributed by atoms with van der Waals surface area (Å²) in [6.07, 6.45) is 10.4. The number of likely N-dealkylation sites (tertiary alicyclic amines) is 2. The van der Waals surface area contributed by atoms with Gasteiger partial charge in [-0.1, -0.05) is 13.3 Å². The van der Waals surface area contributed by atoms with Gasteiger partial charge in [0.15, 0.2) is 0 Å². The van der Waals surface area contributed by atoms with Crippen molar-refractivity contribution in [1.82, 2.24) is 19.4 Å². The van der Waals surface area contributed by atoms with Crippen LogP contribution in [0.1, 0.15) is 63.6 Å². The molecule has 1 atom stereocenters. The summed E-state index contributed by atoms with van der Waals surface area (Å²) in [7, 11) is 1.38. The van der Waals surface area contributed by atoms with Crippen LogP contribution in [0.2, 0.25) is 0 Å². The fraction of sp³-hybridized carbons (Fsp3) is 0.750. The topological polar surface area (TPSA) is 67.7 Å². The first-order valence-corrected chi connectivity index (χ1v) is 10.3. The minimum absolute atomic E-state index is 0.0767. The average Bonchev–Trinajstić information content (AvgIpc) is 3.19. The summed E-state index contributed by atoms with van der Waals surface area (Å²) in [4.78, 5) is 33.2. The van der Waals surface area contributed by atoms with E-state index >= 15 is 0 Å². The molecule has 2 fully saturated rings. The maximum absolute atomic E-state index is 13.0. The molecule has 2 saturated heterocycles. The number of carbonyl (C=O) groups excluding carboxylic acids is 2. The molecular weight excluding hydrogens is 344 g/mol.